The van der Waals surface area contributed by atoms with E-state index in [1.807, 2.05) is 0 Å². The zero-order valence-electron chi connectivity index (χ0n) is 9.45. The van der Waals surface area contributed by atoms with Crippen LogP contribution in [0.1, 0.15) is 17.0 Å². The third-order valence-electron chi connectivity index (χ3n) is 2.77. The minimum Gasteiger partial charge on any atom is -0.481 e. The molecular weight excluding hydrogens is 285 g/mol. The van der Waals surface area contributed by atoms with Crippen LogP contribution in [0.25, 0.3) is 0 Å². The molecule has 1 atom stereocenters. The SMILES string of the molecule is O=C(O)C1CCc2sc(NC(=O)C(F)(F)F)nc2C1. The van der Waals surface area contributed by atoms with Gasteiger partial charge in [-0.25, -0.2) is 4.98 Å². The van der Waals surface area contributed by atoms with Gasteiger partial charge in [-0.1, -0.05) is 0 Å². The molecule has 5 nitrogen and oxygen atoms in total. The quantitative estimate of drug-likeness (QED) is 0.872. The van der Waals surface area contributed by atoms with Crippen molar-refractivity contribution in [3.63, 3.8) is 0 Å². The molecule has 0 aliphatic heterocycles. The van der Waals surface area contributed by atoms with Crippen molar-refractivity contribution < 1.29 is 27.9 Å². The molecule has 2 rings (SSSR count). The average Bonchev–Trinajstić information content (AvgIpc) is 2.68. The van der Waals surface area contributed by atoms with Crippen LogP contribution in [0.2, 0.25) is 0 Å². The van der Waals surface area contributed by atoms with E-state index in [1.54, 1.807) is 5.32 Å². The molecule has 0 saturated heterocycles. The van der Waals surface area contributed by atoms with Gasteiger partial charge < -0.3 is 5.11 Å². The first-order valence-corrected chi connectivity index (χ1v) is 6.18. The number of alkyl halides is 3. The highest BCUT2D eigenvalue weighted by Crippen LogP contribution is 2.32. The lowest BCUT2D eigenvalue weighted by molar-refractivity contribution is -0.167. The van der Waals surface area contributed by atoms with Crippen LogP contribution in [-0.2, 0) is 22.4 Å². The summed E-state index contributed by atoms with van der Waals surface area (Å²) in [4.78, 5) is 26.2. The topological polar surface area (TPSA) is 79.3 Å². The summed E-state index contributed by atoms with van der Waals surface area (Å²) >= 11 is 0.958. The Bertz CT molecular complexity index is 527. The Kier molecular flexibility index (Phi) is 3.48. The molecule has 104 valence electrons. The molecule has 1 aromatic heterocycles. The summed E-state index contributed by atoms with van der Waals surface area (Å²) in [6.07, 6.45) is -3.90. The largest absolute Gasteiger partial charge is 0.481 e. The first-order valence-electron chi connectivity index (χ1n) is 5.37. The molecule has 0 spiro atoms. The lowest BCUT2D eigenvalue weighted by atomic mass is 9.91. The van der Waals surface area contributed by atoms with Crippen molar-refractivity contribution in [1.29, 1.82) is 0 Å². The highest BCUT2D eigenvalue weighted by molar-refractivity contribution is 7.15. The third-order valence-corrected chi connectivity index (χ3v) is 3.84. The summed E-state index contributed by atoms with van der Waals surface area (Å²) in [5.74, 6) is -3.59. The Labute approximate surface area is 109 Å². The molecule has 1 amide bonds. The normalized spacial score (nSPS) is 18.8. The second kappa shape index (κ2) is 4.80. The number of amides is 1. The monoisotopic (exact) mass is 294 g/mol. The maximum Gasteiger partial charge on any atom is 0.471 e. The summed E-state index contributed by atoms with van der Waals surface area (Å²) in [6, 6.07) is 0. The molecule has 1 heterocycles. The van der Waals surface area contributed by atoms with Gasteiger partial charge in [0.1, 0.15) is 0 Å². The Morgan fingerprint density at radius 1 is 1.42 bits per heavy atom. The number of carboxylic acids is 1. The number of halogens is 3. The van der Waals surface area contributed by atoms with Gasteiger partial charge in [0.05, 0.1) is 11.6 Å². The number of carbonyl (C=O) groups is 2. The number of rotatable bonds is 2. The molecule has 1 aliphatic rings. The summed E-state index contributed by atoms with van der Waals surface area (Å²) in [7, 11) is 0. The molecule has 0 fully saturated rings. The van der Waals surface area contributed by atoms with E-state index < -0.39 is 24.0 Å². The van der Waals surface area contributed by atoms with E-state index in [1.165, 1.54) is 0 Å². The number of hydrogen-bond donors (Lipinski definition) is 2. The predicted octanol–water partition coefficient (Wildman–Crippen LogP) is 1.83. The van der Waals surface area contributed by atoms with Gasteiger partial charge in [0.15, 0.2) is 5.13 Å². The van der Waals surface area contributed by atoms with E-state index in [2.05, 4.69) is 4.98 Å². The molecule has 19 heavy (non-hydrogen) atoms. The van der Waals surface area contributed by atoms with Crippen molar-refractivity contribution in [3.05, 3.63) is 10.6 Å². The second-order valence-electron chi connectivity index (χ2n) is 4.12. The second-order valence-corrected chi connectivity index (χ2v) is 5.20. The summed E-state index contributed by atoms with van der Waals surface area (Å²) < 4.78 is 36.2. The van der Waals surface area contributed by atoms with Gasteiger partial charge in [0, 0.05) is 11.3 Å². The maximum atomic E-state index is 12.1. The number of carboxylic acid groups (broad SMARTS) is 1. The van der Waals surface area contributed by atoms with Crippen molar-refractivity contribution in [2.24, 2.45) is 5.92 Å². The molecular formula is C10H9F3N2O3S. The number of aliphatic carboxylic acids is 1. The number of nitrogens with one attached hydrogen (secondary N) is 1. The fraction of sp³-hybridized carbons (Fsp3) is 0.500. The Morgan fingerprint density at radius 2 is 2.11 bits per heavy atom. The van der Waals surface area contributed by atoms with Crippen LogP contribution in [0.4, 0.5) is 18.3 Å². The van der Waals surface area contributed by atoms with Gasteiger partial charge in [-0.3, -0.25) is 14.9 Å². The predicted molar refractivity (Wildman–Crippen MR) is 59.9 cm³/mol. The van der Waals surface area contributed by atoms with Crippen LogP contribution in [0, 0.1) is 5.92 Å². The average molecular weight is 294 g/mol. The van der Waals surface area contributed by atoms with Crippen LogP contribution in [-0.4, -0.2) is 28.1 Å². The number of aryl methyl sites for hydroxylation is 1. The van der Waals surface area contributed by atoms with Gasteiger partial charge >= 0.3 is 18.1 Å². The number of thiazole rings is 1. The molecule has 2 N–H and O–H groups in total. The summed E-state index contributed by atoms with van der Waals surface area (Å²) in [5, 5.41) is 10.4. The van der Waals surface area contributed by atoms with Crippen molar-refractivity contribution >= 4 is 28.3 Å². The number of hydrogen-bond acceptors (Lipinski definition) is 4. The van der Waals surface area contributed by atoms with Gasteiger partial charge in [0.2, 0.25) is 0 Å². The highest BCUT2D eigenvalue weighted by Gasteiger charge is 2.39. The maximum absolute atomic E-state index is 12.1. The van der Waals surface area contributed by atoms with Crippen molar-refractivity contribution in [1.82, 2.24) is 4.98 Å². The van der Waals surface area contributed by atoms with E-state index in [9.17, 15) is 22.8 Å². The first-order chi connectivity index (χ1) is 8.77. The number of fused-ring (bicyclic) bond motifs is 1. The Balaban J connectivity index is 2.11. The number of nitrogens with zero attached hydrogens (tertiary/aromatic N) is 1. The standard InChI is InChI=1S/C10H9F3N2O3S/c11-10(12,13)8(18)15-9-14-5-3-4(7(16)17)1-2-6(5)19-9/h4H,1-3H2,(H,16,17)(H,14,15,18). The number of anilines is 1. The van der Waals surface area contributed by atoms with Crippen molar-refractivity contribution in [2.45, 2.75) is 25.4 Å². The number of aromatic nitrogens is 1. The molecule has 0 bridgehead atoms. The molecule has 0 aromatic carbocycles. The van der Waals surface area contributed by atoms with E-state index in [0.717, 1.165) is 16.2 Å². The Morgan fingerprint density at radius 3 is 2.68 bits per heavy atom. The molecule has 0 radical (unpaired) electrons. The number of carbonyl (C=O) groups excluding carboxylic acids is 1. The minimum absolute atomic E-state index is 0.140. The highest BCUT2D eigenvalue weighted by atomic mass is 32.1. The smallest absolute Gasteiger partial charge is 0.471 e. The van der Waals surface area contributed by atoms with Crippen LogP contribution >= 0.6 is 11.3 Å². The van der Waals surface area contributed by atoms with Gasteiger partial charge in [-0.15, -0.1) is 11.3 Å². The van der Waals surface area contributed by atoms with Crippen LogP contribution < -0.4 is 5.32 Å². The van der Waals surface area contributed by atoms with Gasteiger partial charge in [-0.05, 0) is 12.8 Å². The lowest BCUT2D eigenvalue weighted by Gasteiger charge is -2.16. The third kappa shape index (κ3) is 3.03. The van der Waals surface area contributed by atoms with E-state index >= 15 is 0 Å². The van der Waals surface area contributed by atoms with Crippen LogP contribution in [0.5, 0.6) is 0 Å². The zero-order chi connectivity index (χ0) is 14.2. The molecule has 1 aromatic rings. The lowest BCUT2D eigenvalue weighted by Crippen LogP contribution is -2.29. The van der Waals surface area contributed by atoms with Gasteiger partial charge in [0.25, 0.3) is 0 Å². The molecule has 1 unspecified atom stereocenters. The zero-order valence-corrected chi connectivity index (χ0v) is 10.3. The van der Waals surface area contributed by atoms with Crippen molar-refractivity contribution in [3.8, 4) is 0 Å². The van der Waals surface area contributed by atoms with Crippen LogP contribution in [0.3, 0.4) is 0 Å². The van der Waals surface area contributed by atoms with Gasteiger partial charge in [-0.2, -0.15) is 13.2 Å². The fourth-order valence-electron chi connectivity index (χ4n) is 1.81. The van der Waals surface area contributed by atoms with Crippen LogP contribution in [0.15, 0.2) is 0 Å². The van der Waals surface area contributed by atoms with E-state index in [0.29, 0.717) is 18.5 Å². The minimum atomic E-state index is -4.96. The summed E-state index contributed by atoms with van der Waals surface area (Å²) in [6.45, 7) is 0. The molecule has 0 saturated carbocycles. The Hall–Kier alpha value is -1.64. The van der Waals surface area contributed by atoms with E-state index in [-0.39, 0.29) is 11.6 Å². The van der Waals surface area contributed by atoms with E-state index in [4.69, 9.17) is 5.11 Å². The first kappa shape index (κ1) is 13.8. The summed E-state index contributed by atoms with van der Waals surface area (Å²) in [5.41, 5.74) is 0.459. The molecule has 1 aliphatic carbocycles. The fourth-order valence-corrected chi connectivity index (χ4v) is 2.81. The molecule has 9 heteroatoms. The van der Waals surface area contributed by atoms with Crippen molar-refractivity contribution in [2.75, 3.05) is 5.32 Å².